The van der Waals surface area contributed by atoms with Gasteiger partial charge in [0, 0.05) is 6.42 Å². The first-order valence-corrected chi connectivity index (χ1v) is 31.8. The SMILES string of the molecule is CCCCCCC/C=C\C/C=C\C/C=C\CCCCCCCCCCCCCCC(=O)NC(COP(=O)(O)OCC[N+](C)(C)C)C(O)CCCCCCCCCCCCCCCCCCCCCCC. The van der Waals surface area contributed by atoms with Gasteiger partial charge >= 0.3 is 7.82 Å². The molecule has 0 spiro atoms. The average molecular weight is 1010 g/mol. The lowest BCUT2D eigenvalue weighted by molar-refractivity contribution is -0.870. The summed E-state index contributed by atoms with van der Waals surface area (Å²) in [5.74, 6) is -0.143. The number of quaternary nitrogens is 1. The number of unbranched alkanes of at least 4 members (excludes halogenated alkanes) is 37. The van der Waals surface area contributed by atoms with Crippen LogP contribution < -0.4 is 5.32 Å². The van der Waals surface area contributed by atoms with Gasteiger partial charge in [-0.05, 0) is 51.4 Å². The number of phosphoric acid groups is 1. The van der Waals surface area contributed by atoms with E-state index in [1.54, 1.807) is 0 Å². The Kier molecular flexibility index (Phi) is 51.6. The molecule has 0 rings (SSSR count). The van der Waals surface area contributed by atoms with Gasteiger partial charge in [-0.3, -0.25) is 13.8 Å². The van der Waals surface area contributed by atoms with E-state index in [-0.39, 0.29) is 19.1 Å². The molecule has 0 bridgehead atoms. The molecule has 0 saturated carbocycles. The molecular weight excluding hydrogens is 888 g/mol. The third-order valence-electron chi connectivity index (χ3n) is 13.9. The van der Waals surface area contributed by atoms with E-state index in [2.05, 4.69) is 55.6 Å². The van der Waals surface area contributed by atoms with Gasteiger partial charge in [0.05, 0.1) is 39.9 Å². The van der Waals surface area contributed by atoms with Gasteiger partial charge < -0.3 is 19.8 Å². The number of rotatable bonds is 56. The number of nitrogens with one attached hydrogen (secondary N) is 1. The number of hydrogen-bond acceptors (Lipinski definition) is 5. The quantitative estimate of drug-likeness (QED) is 0.0243. The minimum Gasteiger partial charge on any atom is -0.391 e. The molecule has 1 amide bonds. The van der Waals surface area contributed by atoms with Crippen molar-refractivity contribution in [3.05, 3.63) is 36.5 Å². The maximum Gasteiger partial charge on any atom is 0.472 e. The predicted molar refractivity (Wildman–Crippen MR) is 304 cm³/mol. The summed E-state index contributed by atoms with van der Waals surface area (Å²) in [6, 6.07) is -0.762. The fourth-order valence-corrected chi connectivity index (χ4v) is 9.85. The number of amides is 1. The molecule has 70 heavy (non-hydrogen) atoms. The van der Waals surface area contributed by atoms with Crippen molar-refractivity contribution < 1.29 is 32.9 Å². The second kappa shape index (κ2) is 52.6. The third-order valence-corrected chi connectivity index (χ3v) is 14.9. The van der Waals surface area contributed by atoms with Crippen molar-refractivity contribution >= 4 is 13.7 Å². The summed E-state index contributed by atoms with van der Waals surface area (Å²) in [5, 5.41) is 14.1. The molecule has 0 aliphatic heterocycles. The van der Waals surface area contributed by atoms with Gasteiger partial charge in [0.15, 0.2) is 0 Å². The molecule has 8 nitrogen and oxygen atoms in total. The zero-order valence-corrected chi connectivity index (χ0v) is 48.2. The summed E-state index contributed by atoms with van der Waals surface area (Å²) in [6.07, 6.45) is 67.7. The number of allylic oxidation sites excluding steroid dienone is 6. The number of carbonyl (C=O) groups is 1. The predicted octanol–water partition coefficient (Wildman–Crippen LogP) is 18.5. The first-order chi connectivity index (χ1) is 34.0. The Labute approximate surface area is 436 Å². The maximum atomic E-state index is 13.0. The largest absolute Gasteiger partial charge is 0.472 e. The fraction of sp³-hybridized carbons (Fsp3) is 0.885. The molecule has 3 N–H and O–H groups in total. The van der Waals surface area contributed by atoms with E-state index in [0.717, 1.165) is 51.4 Å². The van der Waals surface area contributed by atoms with Gasteiger partial charge in [0.25, 0.3) is 0 Å². The fourth-order valence-electron chi connectivity index (χ4n) is 9.12. The Hall–Kier alpha value is -1.28. The van der Waals surface area contributed by atoms with Crippen LogP contribution in [0.15, 0.2) is 36.5 Å². The van der Waals surface area contributed by atoms with Crippen LogP contribution in [0.3, 0.4) is 0 Å². The zero-order valence-electron chi connectivity index (χ0n) is 47.3. The minimum atomic E-state index is -4.33. The van der Waals surface area contributed by atoms with Crippen LogP contribution in [-0.2, 0) is 18.4 Å². The van der Waals surface area contributed by atoms with Gasteiger partial charge in [0.1, 0.15) is 13.2 Å². The number of likely N-dealkylation sites (N-methyl/N-ethyl adjacent to an activating group) is 1. The summed E-state index contributed by atoms with van der Waals surface area (Å²) in [7, 11) is 1.62. The standard InChI is InChI=1S/C61H119N2O6P/c1-6-8-10-12-14-16-18-20-22-24-26-28-29-30-31-32-33-35-37-39-41-43-45-47-49-51-53-55-61(65)62-59(58-69-70(66,67)68-57-56-63(3,4)5)60(64)54-52-50-48-46-44-42-40-38-36-34-27-25-23-21-19-17-15-13-11-9-7-2/h18,20,24,26,29-30,59-60,64H,6-17,19,21-23,25,27-28,31-58H2,1-5H3,(H-,62,65,66,67)/p+1/b20-18-,26-24-,30-29-. The summed E-state index contributed by atoms with van der Waals surface area (Å²) >= 11 is 0. The summed E-state index contributed by atoms with van der Waals surface area (Å²) in [4.78, 5) is 23.4. The van der Waals surface area contributed by atoms with Crippen LogP contribution in [0.1, 0.15) is 296 Å². The van der Waals surface area contributed by atoms with E-state index in [9.17, 15) is 19.4 Å². The Morgan fingerprint density at radius 1 is 0.486 bits per heavy atom. The Bertz CT molecular complexity index is 1230. The van der Waals surface area contributed by atoms with Gasteiger partial charge in [-0.25, -0.2) is 4.57 Å². The van der Waals surface area contributed by atoms with Gasteiger partial charge in [0.2, 0.25) is 5.91 Å². The van der Waals surface area contributed by atoms with Crippen LogP contribution in [0.25, 0.3) is 0 Å². The molecule has 0 heterocycles. The highest BCUT2D eigenvalue weighted by molar-refractivity contribution is 7.47. The van der Waals surface area contributed by atoms with Crippen molar-refractivity contribution in [3.63, 3.8) is 0 Å². The van der Waals surface area contributed by atoms with E-state index >= 15 is 0 Å². The van der Waals surface area contributed by atoms with Crippen molar-refractivity contribution in [3.8, 4) is 0 Å². The van der Waals surface area contributed by atoms with Crippen molar-refractivity contribution in [2.75, 3.05) is 40.9 Å². The van der Waals surface area contributed by atoms with Crippen molar-refractivity contribution in [2.24, 2.45) is 0 Å². The Balaban J connectivity index is 4.13. The highest BCUT2D eigenvalue weighted by atomic mass is 31.2. The molecule has 0 aromatic carbocycles. The highest BCUT2D eigenvalue weighted by Crippen LogP contribution is 2.43. The van der Waals surface area contributed by atoms with Crippen LogP contribution in [0.5, 0.6) is 0 Å². The second-order valence-corrected chi connectivity index (χ2v) is 23.5. The lowest BCUT2D eigenvalue weighted by atomic mass is 10.0. The Morgan fingerprint density at radius 2 is 0.814 bits per heavy atom. The van der Waals surface area contributed by atoms with Crippen molar-refractivity contribution in [1.82, 2.24) is 5.32 Å². The van der Waals surface area contributed by atoms with Crippen LogP contribution >= 0.6 is 7.82 Å². The van der Waals surface area contributed by atoms with E-state index in [0.29, 0.717) is 23.9 Å². The smallest absolute Gasteiger partial charge is 0.391 e. The lowest BCUT2D eigenvalue weighted by Crippen LogP contribution is -2.46. The van der Waals surface area contributed by atoms with Crippen molar-refractivity contribution in [2.45, 2.75) is 309 Å². The summed E-state index contributed by atoms with van der Waals surface area (Å²) in [5.41, 5.74) is 0. The summed E-state index contributed by atoms with van der Waals surface area (Å²) in [6.45, 7) is 4.91. The number of nitrogens with zero attached hydrogens (tertiary/aromatic N) is 1. The minimum absolute atomic E-state index is 0.0749. The van der Waals surface area contributed by atoms with E-state index < -0.39 is 20.0 Å². The molecule has 3 atom stereocenters. The topological polar surface area (TPSA) is 105 Å². The molecule has 0 fully saturated rings. The van der Waals surface area contributed by atoms with E-state index in [4.69, 9.17) is 9.05 Å². The monoisotopic (exact) mass is 1010 g/mol. The third kappa shape index (κ3) is 54.5. The molecule has 0 aliphatic rings. The van der Waals surface area contributed by atoms with Gasteiger partial charge in [-0.15, -0.1) is 0 Å². The molecular formula is C61H120N2O6P+. The molecule has 0 aromatic heterocycles. The number of aliphatic hydroxyl groups excluding tert-OH is 1. The molecule has 0 radical (unpaired) electrons. The lowest BCUT2D eigenvalue weighted by Gasteiger charge is -2.26. The number of phosphoric ester groups is 1. The van der Waals surface area contributed by atoms with Crippen LogP contribution in [0, 0.1) is 0 Å². The molecule has 0 aromatic rings. The van der Waals surface area contributed by atoms with Crippen molar-refractivity contribution in [1.29, 1.82) is 0 Å². The van der Waals surface area contributed by atoms with Crippen LogP contribution in [0.2, 0.25) is 0 Å². The Morgan fingerprint density at radius 3 is 1.19 bits per heavy atom. The first-order valence-electron chi connectivity index (χ1n) is 30.4. The van der Waals surface area contributed by atoms with Gasteiger partial charge in [-0.2, -0.15) is 0 Å². The number of hydrogen-bond donors (Lipinski definition) is 3. The first kappa shape index (κ1) is 68.7. The molecule has 0 aliphatic carbocycles. The van der Waals surface area contributed by atoms with E-state index in [1.807, 2.05) is 21.1 Å². The normalized spacial score (nSPS) is 14.1. The van der Waals surface area contributed by atoms with E-state index in [1.165, 1.54) is 218 Å². The zero-order chi connectivity index (χ0) is 51.3. The molecule has 9 heteroatoms. The summed E-state index contributed by atoms with van der Waals surface area (Å²) < 4.78 is 23.8. The average Bonchev–Trinajstić information content (AvgIpc) is 3.32. The van der Waals surface area contributed by atoms with Gasteiger partial charge in [-0.1, -0.05) is 275 Å². The maximum absolute atomic E-state index is 13.0. The molecule has 414 valence electrons. The number of aliphatic hydroxyl groups is 1. The molecule has 3 unspecified atom stereocenters. The van der Waals surface area contributed by atoms with Crippen LogP contribution in [-0.4, -0.2) is 73.4 Å². The highest BCUT2D eigenvalue weighted by Gasteiger charge is 2.28. The van der Waals surface area contributed by atoms with Crippen LogP contribution in [0.4, 0.5) is 0 Å². The molecule has 0 saturated heterocycles. The number of carbonyl (C=O) groups excluding carboxylic acids is 1. The second-order valence-electron chi connectivity index (χ2n) is 22.1.